The minimum Gasteiger partial charge on any atom is -0.441 e. The summed E-state index contributed by atoms with van der Waals surface area (Å²) in [5, 5.41) is 4.51. The number of halogens is 1. The van der Waals surface area contributed by atoms with Crippen LogP contribution in [0.3, 0.4) is 0 Å². The summed E-state index contributed by atoms with van der Waals surface area (Å²) < 4.78 is 19.5. The first-order valence-corrected chi connectivity index (χ1v) is 10.2. The van der Waals surface area contributed by atoms with Crippen molar-refractivity contribution in [3.8, 4) is 11.1 Å². The van der Waals surface area contributed by atoms with Crippen molar-refractivity contribution in [3.63, 3.8) is 0 Å². The fraction of sp³-hybridized carbons (Fsp3) is 0.348. The molecule has 5 rings (SSSR count). The monoisotopic (exact) mass is 392 g/mol. The number of piperazine rings is 1. The summed E-state index contributed by atoms with van der Waals surface area (Å²) in [6.45, 7) is 7.49. The normalized spacial score (nSPS) is 20.7. The van der Waals surface area contributed by atoms with Gasteiger partial charge in [0.1, 0.15) is 11.3 Å². The van der Waals surface area contributed by atoms with Crippen molar-refractivity contribution in [1.29, 1.82) is 0 Å². The highest BCUT2D eigenvalue weighted by atomic mass is 19.1. The summed E-state index contributed by atoms with van der Waals surface area (Å²) in [6.07, 6.45) is 2.71. The van der Waals surface area contributed by atoms with E-state index in [4.69, 9.17) is 4.42 Å². The summed E-state index contributed by atoms with van der Waals surface area (Å²) in [6, 6.07) is 11.9. The molecule has 4 aromatic rings. The minimum absolute atomic E-state index is 0.241. The molecule has 2 aromatic heterocycles. The summed E-state index contributed by atoms with van der Waals surface area (Å²) in [4.78, 5) is 10.3. The molecule has 0 aliphatic carbocycles. The molecule has 3 heterocycles. The molecule has 2 unspecified atom stereocenters. The molecule has 2 aromatic carbocycles. The van der Waals surface area contributed by atoms with Gasteiger partial charge in [-0.2, -0.15) is 0 Å². The molecule has 2 N–H and O–H groups in total. The second-order valence-electron chi connectivity index (χ2n) is 8.09. The lowest BCUT2D eigenvalue weighted by molar-refractivity contribution is 0.145. The Morgan fingerprint density at radius 3 is 3.00 bits per heavy atom. The zero-order valence-electron chi connectivity index (χ0n) is 16.7. The van der Waals surface area contributed by atoms with Gasteiger partial charge in [-0.15, -0.1) is 0 Å². The van der Waals surface area contributed by atoms with Crippen molar-refractivity contribution in [3.05, 3.63) is 54.3 Å². The molecule has 0 bridgehead atoms. The number of aromatic amines is 1. The zero-order valence-corrected chi connectivity index (χ0v) is 16.7. The van der Waals surface area contributed by atoms with Crippen LogP contribution in [0.5, 0.6) is 0 Å². The Labute approximate surface area is 168 Å². The average Bonchev–Trinajstić information content (AvgIpc) is 3.31. The molecular weight excluding hydrogens is 367 g/mol. The first-order chi connectivity index (χ1) is 14.1. The van der Waals surface area contributed by atoms with E-state index in [0.29, 0.717) is 12.1 Å². The standard InChI is InChI=1S/C23H25FN4O/c1-14-13-28(15(2)11-25-14)8-7-23-27-20-6-3-16(9-22(20)29-23)19-12-26-21-10-17(24)4-5-18(19)21/h3-6,9-10,12,14-15,25-26H,7-8,11,13H2,1-2H3. The molecule has 0 saturated carbocycles. The minimum atomic E-state index is -0.241. The van der Waals surface area contributed by atoms with Crippen LogP contribution in [0.4, 0.5) is 4.39 Å². The molecule has 29 heavy (non-hydrogen) atoms. The third-order valence-electron chi connectivity index (χ3n) is 5.89. The van der Waals surface area contributed by atoms with Crippen molar-refractivity contribution >= 4 is 22.0 Å². The van der Waals surface area contributed by atoms with E-state index < -0.39 is 0 Å². The molecule has 150 valence electrons. The first kappa shape index (κ1) is 18.3. The Morgan fingerprint density at radius 1 is 1.21 bits per heavy atom. The molecule has 1 saturated heterocycles. The van der Waals surface area contributed by atoms with Crippen LogP contribution < -0.4 is 5.32 Å². The Balaban J connectivity index is 1.38. The van der Waals surface area contributed by atoms with Gasteiger partial charge < -0.3 is 14.7 Å². The summed E-state index contributed by atoms with van der Waals surface area (Å²) in [5.74, 6) is 0.533. The zero-order chi connectivity index (χ0) is 20.0. The van der Waals surface area contributed by atoms with Crippen LogP contribution >= 0.6 is 0 Å². The van der Waals surface area contributed by atoms with Crippen LogP contribution in [0, 0.1) is 5.82 Å². The Hall–Kier alpha value is -2.70. The number of hydrogen-bond donors (Lipinski definition) is 2. The number of rotatable bonds is 4. The van der Waals surface area contributed by atoms with E-state index in [1.165, 1.54) is 12.1 Å². The SMILES string of the molecule is CC1CN(CCc2nc3ccc(-c4c[nH]c5cc(F)ccc45)cc3o2)C(C)CN1. The maximum absolute atomic E-state index is 13.5. The molecule has 1 fully saturated rings. The fourth-order valence-electron chi connectivity index (χ4n) is 4.23. The largest absolute Gasteiger partial charge is 0.441 e. The predicted octanol–water partition coefficient (Wildman–Crippen LogP) is 4.34. The smallest absolute Gasteiger partial charge is 0.196 e. The Morgan fingerprint density at radius 2 is 2.10 bits per heavy atom. The molecule has 5 nitrogen and oxygen atoms in total. The quantitative estimate of drug-likeness (QED) is 0.542. The topological polar surface area (TPSA) is 57.1 Å². The molecule has 0 amide bonds. The van der Waals surface area contributed by atoms with Crippen LogP contribution in [-0.2, 0) is 6.42 Å². The average molecular weight is 392 g/mol. The maximum atomic E-state index is 13.5. The predicted molar refractivity (Wildman–Crippen MR) is 113 cm³/mol. The second kappa shape index (κ2) is 7.28. The lowest BCUT2D eigenvalue weighted by Crippen LogP contribution is -2.54. The summed E-state index contributed by atoms with van der Waals surface area (Å²) in [7, 11) is 0. The Bertz CT molecular complexity index is 1160. The lowest BCUT2D eigenvalue weighted by atomic mass is 10.0. The first-order valence-electron chi connectivity index (χ1n) is 10.2. The Kier molecular flexibility index (Phi) is 4.60. The van der Waals surface area contributed by atoms with E-state index >= 15 is 0 Å². The van der Waals surface area contributed by atoms with Crippen molar-refractivity contribution in [1.82, 2.24) is 20.2 Å². The van der Waals surface area contributed by atoms with Gasteiger partial charge in [-0.05, 0) is 49.7 Å². The number of benzene rings is 2. The van der Waals surface area contributed by atoms with E-state index in [9.17, 15) is 4.39 Å². The van der Waals surface area contributed by atoms with Gasteiger partial charge in [-0.1, -0.05) is 6.07 Å². The third kappa shape index (κ3) is 3.54. The van der Waals surface area contributed by atoms with Crippen molar-refractivity contribution in [2.24, 2.45) is 0 Å². The van der Waals surface area contributed by atoms with E-state index in [2.05, 4.69) is 34.0 Å². The third-order valence-corrected chi connectivity index (χ3v) is 5.89. The number of nitrogens with one attached hydrogen (secondary N) is 2. The van der Waals surface area contributed by atoms with Crippen LogP contribution in [-0.4, -0.2) is 46.6 Å². The van der Waals surface area contributed by atoms with Crippen LogP contribution in [0.25, 0.3) is 33.1 Å². The van der Waals surface area contributed by atoms with Crippen LogP contribution in [0.1, 0.15) is 19.7 Å². The molecule has 2 atom stereocenters. The van der Waals surface area contributed by atoms with E-state index in [-0.39, 0.29) is 5.82 Å². The van der Waals surface area contributed by atoms with Gasteiger partial charge >= 0.3 is 0 Å². The molecule has 6 heteroatoms. The van der Waals surface area contributed by atoms with E-state index in [1.54, 1.807) is 0 Å². The summed E-state index contributed by atoms with van der Waals surface area (Å²) in [5.41, 5.74) is 4.51. The number of oxazole rings is 1. The van der Waals surface area contributed by atoms with Crippen LogP contribution in [0.15, 0.2) is 47.0 Å². The van der Waals surface area contributed by atoms with Crippen molar-refractivity contribution in [2.75, 3.05) is 19.6 Å². The number of aromatic nitrogens is 2. The van der Waals surface area contributed by atoms with Gasteiger partial charge in [0.05, 0.1) is 0 Å². The highest BCUT2D eigenvalue weighted by Crippen LogP contribution is 2.31. The highest BCUT2D eigenvalue weighted by Gasteiger charge is 2.22. The molecule has 1 aliphatic heterocycles. The van der Waals surface area contributed by atoms with Gasteiger partial charge in [0.15, 0.2) is 11.5 Å². The number of fused-ring (bicyclic) bond motifs is 2. The summed E-state index contributed by atoms with van der Waals surface area (Å²) >= 11 is 0. The van der Waals surface area contributed by atoms with Gasteiger partial charge in [0.25, 0.3) is 0 Å². The van der Waals surface area contributed by atoms with Gasteiger partial charge in [0.2, 0.25) is 0 Å². The second-order valence-corrected chi connectivity index (χ2v) is 8.09. The fourth-order valence-corrected chi connectivity index (χ4v) is 4.23. The van der Waals surface area contributed by atoms with Crippen molar-refractivity contribution in [2.45, 2.75) is 32.4 Å². The maximum Gasteiger partial charge on any atom is 0.196 e. The van der Waals surface area contributed by atoms with Crippen molar-refractivity contribution < 1.29 is 8.81 Å². The molecule has 0 spiro atoms. The van der Waals surface area contributed by atoms with Crippen LogP contribution in [0.2, 0.25) is 0 Å². The van der Waals surface area contributed by atoms with Gasteiger partial charge in [-0.25, -0.2) is 9.37 Å². The van der Waals surface area contributed by atoms with Gasteiger partial charge in [0, 0.05) is 60.8 Å². The number of hydrogen-bond acceptors (Lipinski definition) is 4. The molecule has 1 aliphatic rings. The number of H-pyrrole nitrogens is 1. The van der Waals surface area contributed by atoms with E-state index in [1.807, 2.05) is 30.5 Å². The molecular formula is C23H25FN4O. The van der Waals surface area contributed by atoms with E-state index in [0.717, 1.165) is 65.1 Å². The lowest BCUT2D eigenvalue weighted by Gasteiger charge is -2.37. The highest BCUT2D eigenvalue weighted by molar-refractivity contribution is 5.97. The molecule has 0 radical (unpaired) electrons. The van der Waals surface area contributed by atoms with Gasteiger partial charge in [-0.3, -0.25) is 4.90 Å². The number of nitrogens with zero attached hydrogens (tertiary/aromatic N) is 2.